The van der Waals surface area contributed by atoms with Gasteiger partial charge in [-0.3, -0.25) is 4.98 Å². The van der Waals surface area contributed by atoms with E-state index in [0.29, 0.717) is 16.6 Å². The molecule has 0 saturated heterocycles. The molecular weight excluding hydrogens is 332 g/mol. The van der Waals surface area contributed by atoms with Crippen LogP contribution in [0.4, 0.5) is 5.69 Å². The predicted molar refractivity (Wildman–Crippen MR) is 104 cm³/mol. The first-order chi connectivity index (χ1) is 12.0. The van der Waals surface area contributed by atoms with Gasteiger partial charge in [-0.15, -0.1) is 0 Å². The Bertz CT molecular complexity index is 893. The average molecular weight is 351 g/mol. The molecule has 0 saturated carbocycles. The van der Waals surface area contributed by atoms with Crippen LogP contribution in [-0.2, 0) is 0 Å². The number of anilines is 1. The summed E-state index contributed by atoms with van der Waals surface area (Å²) in [6.45, 7) is 7.87. The van der Waals surface area contributed by atoms with Crippen LogP contribution < -0.4 is 10.6 Å². The van der Waals surface area contributed by atoms with Crippen LogP contribution in [0.3, 0.4) is 0 Å². The molecule has 126 valence electrons. The molecule has 0 fully saturated rings. The normalized spacial score (nSPS) is 19.2. The van der Waals surface area contributed by atoms with Crippen LogP contribution in [0.15, 0.2) is 60.0 Å². The summed E-state index contributed by atoms with van der Waals surface area (Å²) in [6, 6.07) is 9.38. The first kappa shape index (κ1) is 17.1. The first-order valence-electron chi connectivity index (χ1n) is 7.97. The lowest BCUT2D eigenvalue weighted by Gasteiger charge is -2.26. The Kier molecular flexibility index (Phi) is 4.78. The smallest absolute Gasteiger partial charge is 0.152 e. The highest BCUT2D eigenvalue weighted by atomic mass is 35.5. The number of aliphatic imine (C=N–C) groups is 1. The molecule has 1 aliphatic heterocycles. The lowest BCUT2D eigenvalue weighted by molar-refractivity contribution is 0.702. The fraction of sp³-hybridized carbons (Fsp3) is 0.200. The van der Waals surface area contributed by atoms with Gasteiger partial charge in [0.05, 0.1) is 23.6 Å². The lowest BCUT2D eigenvalue weighted by Crippen LogP contribution is -2.39. The number of aromatic nitrogens is 1. The highest BCUT2D eigenvalue weighted by molar-refractivity contribution is 6.31. The van der Waals surface area contributed by atoms with Crippen LogP contribution >= 0.6 is 11.6 Å². The van der Waals surface area contributed by atoms with Gasteiger partial charge >= 0.3 is 0 Å². The number of rotatable bonds is 2. The summed E-state index contributed by atoms with van der Waals surface area (Å²) in [5.74, 6) is 7.09. The highest BCUT2D eigenvalue weighted by Crippen LogP contribution is 2.26. The van der Waals surface area contributed by atoms with Crippen molar-refractivity contribution in [2.75, 3.05) is 4.90 Å². The third-order valence-corrected chi connectivity index (χ3v) is 4.60. The first-order valence-corrected chi connectivity index (χ1v) is 8.35. The molecule has 1 aromatic carbocycles. The van der Waals surface area contributed by atoms with E-state index in [2.05, 4.69) is 35.3 Å². The summed E-state index contributed by atoms with van der Waals surface area (Å²) in [5.41, 5.74) is 9.16. The average Bonchev–Trinajstić information content (AvgIpc) is 2.94. The summed E-state index contributed by atoms with van der Waals surface area (Å²) in [6.07, 6.45) is 3.52. The second kappa shape index (κ2) is 7.00. The summed E-state index contributed by atoms with van der Waals surface area (Å²) >= 11 is 6.17. The molecule has 2 N–H and O–H groups in total. The number of hydrogen-bond acceptors (Lipinski definition) is 4. The number of nitrogens with zero attached hydrogens (tertiary/aromatic N) is 3. The van der Waals surface area contributed by atoms with Crippen LogP contribution in [0, 0.1) is 18.8 Å². The quantitative estimate of drug-likeness (QED) is 0.843. The molecule has 2 unspecified atom stereocenters. The van der Waals surface area contributed by atoms with Gasteiger partial charge in [0.2, 0.25) is 0 Å². The zero-order chi connectivity index (χ0) is 18.0. The second-order valence-electron chi connectivity index (χ2n) is 5.93. The van der Waals surface area contributed by atoms with E-state index in [4.69, 9.17) is 17.3 Å². The molecule has 0 aliphatic carbocycles. The van der Waals surface area contributed by atoms with E-state index in [1.165, 1.54) is 0 Å². The van der Waals surface area contributed by atoms with Crippen molar-refractivity contribution in [1.29, 1.82) is 0 Å². The monoisotopic (exact) mass is 350 g/mol. The van der Waals surface area contributed by atoms with Gasteiger partial charge in [-0.25, -0.2) is 4.99 Å². The van der Waals surface area contributed by atoms with Gasteiger partial charge in [-0.05, 0) is 43.7 Å². The lowest BCUT2D eigenvalue weighted by atomic mass is 10.1. The van der Waals surface area contributed by atoms with Crippen molar-refractivity contribution in [1.82, 2.24) is 4.98 Å². The Balaban J connectivity index is 1.95. The third-order valence-electron chi connectivity index (χ3n) is 4.19. The SMILES string of the molecule is C=C(N)C1=NC(C#Cc2cccc(Cl)c2C)C(C)N1c1cccnc1. The largest absolute Gasteiger partial charge is 0.396 e. The molecular formula is C20H19ClN4. The molecule has 2 aromatic rings. The Morgan fingerprint density at radius 1 is 1.32 bits per heavy atom. The topological polar surface area (TPSA) is 54.5 Å². The summed E-state index contributed by atoms with van der Waals surface area (Å²) in [4.78, 5) is 10.9. The number of benzene rings is 1. The zero-order valence-electron chi connectivity index (χ0n) is 14.2. The van der Waals surface area contributed by atoms with Crippen molar-refractivity contribution >= 4 is 23.1 Å². The second-order valence-corrected chi connectivity index (χ2v) is 6.33. The molecule has 0 bridgehead atoms. The molecule has 0 radical (unpaired) electrons. The van der Waals surface area contributed by atoms with Crippen molar-refractivity contribution in [2.45, 2.75) is 25.9 Å². The number of hydrogen-bond donors (Lipinski definition) is 1. The Morgan fingerprint density at radius 2 is 2.12 bits per heavy atom. The maximum atomic E-state index is 6.17. The maximum absolute atomic E-state index is 6.17. The van der Waals surface area contributed by atoms with E-state index < -0.39 is 0 Å². The molecule has 1 aliphatic rings. The van der Waals surface area contributed by atoms with E-state index in [-0.39, 0.29) is 12.1 Å². The van der Waals surface area contributed by atoms with E-state index >= 15 is 0 Å². The van der Waals surface area contributed by atoms with Gasteiger partial charge < -0.3 is 10.6 Å². The van der Waals surface area contributed by atoms with Crippen LogP contribution in [-0.4, -0.2) is 22.9 Å². The minimum absolute atomic E-state index is 0.0199. The Morgan fingerprint density at radius 3 is 2.80 bits per heavy atom. The summed E-state index contributed by atoms with van der Waals surface area (Å²) in [5, 5.41) is 0.711. The van der Waals surface area contributed by atoms with Crippen molar-refractivity contribution < 1.29 is 0 Å². The fourth-order valence-electron chi connectivity index (χ4n) is 2.77. The van der Waals surface area contributed by atoms with Crippen molar-refractivity contribution in [2.24, 2.45) is 10.7 Å². The van der Waals surface area contributed by atoms with Crippen molar-refractivity contribution in [3.63, 3.8) is 0 Å². The van der Waals surface area contributed by atoms with Crippen LogP contribution in [0.25, 0.3) is 0 Å². The highest BCUT2D eigenvalue weighted by Gasteiger charge is 2.33. The van der Waals surface area contributed by atoms with Crippen LogP contribution in [0.1, 0.15) is 18.1 Å². The van der Waals surface area contributed by atoms with Gasteiger partial charge in [-0.1, -0.05) is 36.1 Å². The molecule has 25 heavy (non-hydrogen) atoms. The standard InChI is InChI=1S/C20H19ClN4/c1-13-16(6-4-8-18(13)21)9-10-19-15(3)25(20(24-19)14(2)22)17-7-5-11-23-12-17/h4-8,11-12,15,19H,2,22H2,1,3H3. The van der Waals surface area contributed by atoms with E-state index in [1.807, 2.05) is 42.2 Å². The molecule has 4 nitrogen and oxygen atoms in total. The van der Waals surface area contributed by atoms with E-state index in [0.717, 1.165) is 16.8 Å². The predicted octanol–water partition coefficient (Wildman–Crippen LogP) is 3.54. The van der Waals surface area contributed by atoms with E-state index in [1.54, 1.807) is 12.4 Å². The molecule has 2 atom stereocenters. The fourth-order valence-corrected chi connectivity index (χ4v) is 2.95. The van der Waals surface area contributed by atoms with Gasteiger partial charge in [0.15, 0.2) is 5.84 Å². The van der Waals surface area contributed by atoms with Gasteiger partial charge in [0.25, 0.3) is 0 Å². The molecule has 2 heterocycles. The van der Waals surface area contributed by atoms with Crippen molar-refractivity contribution in [3.05, 3.63) is 71.2 Å². The Hall–Kier alpha value is -2.77. The number of amidine groups is 1. The van der Waals surface area contributed by atoms with E-state index in [9.17, 15) is 0 Å². The summed E-state index contributed by atoms with van der Waals surface area (Å²) in [7, 11) is 0. The summed E-state index contributed by atoms with van der Waals surface area (Å²) < 4.78 is 0. The maximum Gasteiger partial charge on any atom is 0.152 e. The molecule has 5 heteroatoms. The number of pyridine rings is 1. The number of halogens is 1. The third kappa shape index (κ3) is 3.38. The Labute approximate surface area is 153 Å². The zero-order valence-corrected chi connectivity index (χ0v) is 15.0. The van der Waals surface area contributed by atoms with Gasteiger partial charge in [0.1, 0.15) is 6.04 Å². The molecule has 0 spiro atoms. The van der Waals surface area contributed by atoms with Gasteiger partial charge in [-0.2, -0.15) is 0 Å². The molecule has 3 rings (SSSR count). The van der Waals surface area contributed by atoms with Gasteiger partial charge in [0, 0.05) is 16.8 Å². The molecule has 0 amide bonds. The number of nitrogens with two attached hydrogens (primary N) is 1. The minimum atomic E-state index is -0.214. The van der Waals surface area contributed by atoms with Crippen molar-refractivity contribution in [3.8, 4) is 11.8 Å². The minimum Gasteiger partial charge on any atom is -0.396 e. The molecule has 1 aromatic heterocycles. The van der Waals surface area contributed by atoms with Crippen LogP contribution in [0.5, 0.6) is 0 Å². The van der Waals surface area contributed by atoms with Crippen LogP contribution in [0.2, 0.25) is 5.02 Å².